The predicted molar refractivity (Wildman–Crippen MR) is 198 cm³/mol. The minimum absolute atomic E-state index is 0.0294. The number of benzene rings is 7. The molecule has 0 radical (unpaired) electrons. The van der Waals surface area contributed by atoms with E-state index in [0.717, 1.165) is 22.5 Å². The molecule has 0 aromatic heterocycles. The number of amides is 2. The Kier molecular flexibility index (Phi) is 7.70. The molecule has 0 spiro atoms. The Morgan fingerprint density at radius 2 is 1.27 bits per heavy atom. The van der Waals surface area contributed by atoms with Gasteiger partial charge in [0.05, 0.1) is 6.04 Å². The molecule has 0 bridgehead atoms. The molecule has 0 saturated carbocycles. The van der Waals surface area contributed by atoms with Gasteiger partial charge in [0.2, 0.25) is 5.91 Å². The summed E-state index contributed by atoms with van der Waals surface area (Å²) in [5.74, 6) is 0.0333. The van der Waals surface area contributed by atoms with Gasteiger partial charge in [0, 0.05) is 29.4 Å². The van der Waals surface area contributed by atoms with Gasteiger partial charge in [-0.15, -0.1) is 0 Å². The summed E-state index contributed by atoms with van der Waals surface area (Å²) in [5.41, 5.74) is 4.52. The minimum Gasteiger partial charge on any atom is -0.305 e. The molecule has 0 saturated heterocycles. The van der Waals surface area contributed by atoms with Crippen molar-refractivity contribution >= 4 is 55.5 Å². The summed E-state index contributed by atoms with van der Waals surface area (Å²) in [5, 5.41) is 7.38. The minimum atomic E-state index is -0.224. The van der Waals surface area contributed by atoms with E-state index in [9.17, 15) is 9.59 Å². The quantitative estimate of drug-likeness (QED) is 0.173. The van der Waals surface area contributed by atoms with Gasteiger partial charge in [-0.3, -0.25) is 9.59 Å². The van der Waals surface area contributed by atoms with Crippen LogP contribution in [-0.2, 0) is 11.2 Å². The SMILES string of the molecule is CCC(=O)N(c1ccccc1)C1CC(Cc2ccc3c(ccc4c5ccccc5ccc34)c2)N(C(=O)c2ccccc2)c2ccccc21. The normalized spacial score (nSPS) is 15.8. The molecule has 8 rings (SSSR count). The van der Waals surface area contributed by atoms with E-state index >= 15 is 0 Å². The lowest BCUT2D eigenvalue weighted by Crippen LogP contribution is -2.49. The van der Waals surface area contributed by atoms with Crippen LogP contribution in [0.4, 0.5) is 11.4 Å². The van der Waals surface area contributed by atoms with Crippen molar-refractivity contribution in [1.82, 2.24) is 0 Å². The van der Waals surface area contributed by atoms with E-state index in [2.05, 4.69) is 72.8 Å². The fraction of sp³-hybridized carbons (Fsp3) is 0.136. The van der Waals surface area contributed by atoms with Crippen molar-refractivity contribution in [3.8, 4) is 0 Å². The summed E-state index contributed by atoms with van der Waals surface area (Å²) in [6, 6.07) is 51.3. The van der Waals surface area contributed by atoms with Gasteiger partial charge < -0.3 is 9.80 Å². The predicted octanol–water partition coefficient (Wildman–Crippen LogP) is 10.3. The molecule has 4 heteroatoms. The molecule has 1 aliphatic rings. The summed E-state index contributed by atoms with van der Waals surface area (Å²) >= 11 is 0. The molecule has 7 aromatic rings. The van der Waals surface area contributed by atoms with Crippen molar-refractivity contribution in [2.24, 2.45) is 0 Å². The maximum absolute atomic E-state index is 14.4. The fourth-order valence-electron chi connectivity index (χ4n) is 7.62. The zero-order chi connectivity index (χ0) is 32.6. The van der Waals surface area contributed by atoms with E-state index in [1.807, 2.05) is 95.6 Å². The number of hydrogen-bond acceptors (Lipinski definition) is 2. The number of nitrogens with zero attached hydrogens (tertiary/aromatic N) is 2. The van der Waals surface area contributed by atoms with E-state index in [1.54, 1.807) is 0 Å². The van der Waals surface area contributed by atoms with Crippen molar-refractivity contribution in [2.45, 2.75) is 38.3 Å². The Bertz CT molecular complexity index is 2300. The summed E-state index contributed by atoms with van der Waals surface area (Å²) in [6.45, 7) is 1.91. The Labute approximate surface area is 280 Å². The molecule has 1 aliphatic heterocycles. The Hall–Kier alpha value is -5.74. The van der Waals surface area contributed by atoms with Crippen LogP contribution in [-0.4, -0.2) is 17.9 Å². The number of hydrogen-bond donors (Lipinski definition) is 0. The van der Waals surface area contributed by atoms with Crippen molar-refractivity contribution in [3.05, 3.63) is 168 Å². The number of carbonyl (C=O) groups is 2. The lowest BCUT2D eigenvalue weighted by molar-refractivity contribution is -0.118. The van der Waals surface area contributed by atoms with Crippen LogP contribution in [0.5, 0.6) is 0 Å². The smallest absolute Gasteiger partial charge is 0.258 e. The number of rotatable bonds is 6. The fourth-order valence-corrected chi connectivity index (χ4v) is 7.62. The average Bonchev–Trinajstić information content (AvgIpc) is 3.15. The van der Waals surface area contributed by atoms with Gasteiger partial charge in [-0.2, -0.15) is 0 Å². The Balaban J connectivity index is 1.24. The van der Waals surface area contributed by atoms with E-state index < -0.39 is 0 Å². The molecular formula is C44H36N2O2. The highest BCUT2D eigenvalue weighted by molar-refractivity contribution is 6.17. The van der Waals surface area contributed by atoms with Gasteiger partial charge in [-0.05, 0) is 86.6 Å². The van der Waals surface area contributed by atoms with Crippen LogP contribution in [0.15, 0.2) is 152 Å². The molecule has 48 heavy (non-hydrogen) atoms. The summed E-state index contributed by atoms with van der Waals surface area (Å²) in [6.07, 6.45) is 1.65. The first-order valence-corrected chi connectivity index (χ1v) is 16.8. The third-order valence-electron chi connectivity index (χ3n) is 9.85. The second kappa shape index (κ2) is 12.5. The van der Waals surface area contributed by atoms with Gasteiger partial charge in [-0.1, -0.05) is 128 Å². The van der Waals surface area contributed by atoms with Crippen LogP contribution in [0, 0.1) is 0 Å². The molecule has 0 fully saturated rings. The zero-order valence-corrected chi connectivity index (χ0v) is 26.9. The second-order valence-corrected chi connectivity index (χ2v) is 12.7. The second-order valence-electron chi connectivity index (χ2n) is 12.7. The molecule has 0 aliphatic carbocycles. The average molecular weight is 625 g/mol. The third-order valence-corrected chi connectivity index (χ3v) is 9.85. The van der Waals surface area contributed by atoms with Crippen molar-refractivity contribution in [2.75, 3.05) is 9.80 Å². The molecule has 1 heterocycles. The van der Waals surface area contributed by atoms with Crippen molar-refractivity contribution < 1.29 is 9.59 Å². The van der Waals surface area contributed by atoms with Crippen LogP contribution in [0.3, 0.4) is 0 Å². The monoisotopic (exact) mass is 624 g/mol. The van der Waals surface area contributed by atoms with Gasteiger partial charge in [0.25, 0.3) is 5.91 Å². The topological polar surface area (TPSA) is 40.6 Å². The van der Waals surface area contributed by atoms with Gasteiger partial charge in [0.1, 0.15) is 0 Å². The third kappa shape index (κ3) is 5.20. The lowest BCUT2D eigenvalue weighted by Gasteiger charge is -2.45. The highest BCUT2D eigenvalue weighted by Gasteiger charge is 2.40. The molecule has 2 atom stereocenters. The van der Waals surface area contributed by atoms with Crippen molar-refractivity contribution in [1.29, 1.82) is 0 Å². The van der Waals surface area contributed by atoms with E-state index in [-0.39, 0.29) is 23.9 Å². The maximum atomic E-state index is 14.4. The first kappa shape index (κ1) is 29.6. The van der Waals surface area contributed by atoms with Crippen LogP contribution in [0.2, 0.25) is 0 Å². The largest absolute Gasteiger partial charge is 0.305 e. The van der Waals surface area contributed by atoms with Gasteiger partial charge in [0.15, 0.2) is 0 Å². The summed E-state index contributed by atoms with van der Waals surface area (Å²) < 4.78 is 0. The molecule has 2 unspecified atom stereocenters. The van der Waals surface area contributed by atoms with E-state index in [4.69, 9.17) is 0 Å². The van der Waals surface area contributed by atoms with Crippen molar-refractivity contribution in [3.63, 3.8) is 0 Å². The van der Waals surface area contributed by atoms with Gasteiger partial charge in [-0.25, -0.2) is 0 Å². The molecule has 234 valence electrons. The maximum Gasteiger partial charge on any atom is 0.258 e. The van der Waals surface area contributed by atoms with Crippen LogP contribution in [0.1, 0.15) is 47.3 Å². The zero-order valence-electron chi connectivity index (χ0n) is 26.9. The van der Waals surface area contributed by atoms with E-state index in [1.165, 1.54) is 32.3 Å². The number of anilines is 2. The summed E-state index contributed by atoms with van der Waals surface area (Å²) in [7, 11) is 0. The molecule has 4 nitrogen and oxygen atoms in total. The highest BCUT2D eigenvalue weighted by atomic mass is 16.2. The van der Waals surface area contributed by atoms with Crippen LogP contribution < -0.4 is 9.80 Å². The number of fused-ring (bicyclic) bond motifs is 6. The van der Waals surface area contributed by atoms with Crippen LogP contribution >= 0.6 is 0 Å². The molecule has 7 aromatic carbocycles. The number of para-hydroxylation sites is 2. The Morgan fingerprint density at radius 3 is 2.04 bits per heavy atom. The lowest BCUT2D eigenvalue weighted by atomic mass is 9.85. The standard InChI is InChI=1S/C44H36N2O2/c1-2-43(47)45(34-16-7-4-8-17-34)42-29-35(46(41-20-12-11-19-40(41)42)44(48)32-14-5-3-6-15-32)28-30-21-24-37-33(27-30)23-26-38-36-18-10-9-13-31(36)22-25-39(37)38/h3-27,35,42H,2,28-29H2,1H3. The van der Waals surface area contributed by atoms with Crippen LogP contribution in [0.25, 0.3) is 32.3 Å². The van der Waals surface area contributed by atoms with Gasteiger partial charge >= 0.3 is 0 Å². The molecule has 0 N–H and O–H groups in total. The summed E-state index contributed by atoms with van der Waals surface area (Å²) in [4.78, 5) is 32.1. The first-order valence-electron chi connectivity index (χ1n) is 16.8. The number of carbonyl (C=O) groups excluding carboxylic acids is 2. The Morgan fingerprint density at radius 1 is 0.646 bits per heavy atom. The molecular weight excluding hydrogens is 588 g/mol. The molecule has 2 amide bonds. The van der Waals surface area contributed by atoms with E-state index in [0.29, 0.717) is 24.8 Å². The highest BCUT2D eigenvalue weighted by Crippen LogP contribution is 2.44. The first-order chi connectivity index (χ1) is 23.6.